The first-order valence-corrected chi connectivity index (χ1v) is 8.91. The topological polar surface area (TPSA) is 58.6 Å². The predicted molar refractivity (Wildman–Crippen MR) is 103 cm³/mol. The number of anilines is 1. The van der Waals surface area contributed by atoms with Gasteiger partial charge in [0, 0.05) is 32.1 Å². The Morgan fingerprint density at radius 1 is 1.04 bits per heavy atom. The van der Waals surface area contributed by atoms with E-state index in [1.54, 1.807) is 4.90 Å². The quantitative estimate of drug-likeness (QED) is 0.749. The lowest BCUT2D eigenvalue weighted by Crippen LogP contribution is -2.34. The van der Waals surface area contributed by atoms with Crippen molar-refractivity contribution in [3.8, 4) is 5.75 Å². The second-order valence-electron chi connectivity index (χ2n) is 6.04. The van der Waals surface area contributed by atoms with Crippen molar-refractivity contribution in [2.24, 2.45) is 0 Å². The van der Waals surface area contributed by atoms with Gasteiger partial charge in [-0.3, -0.25) is 9.59 Å². The number of nitrogens with zero attached hydrogens (tertiary/aromatic N) is 1. The molecule has 0 aromatic heterocycles. The van der Waals surface area contributed by atoms with Gasteiger partial charge in [0.05, 0.1) is 0 Å². The SMILES string of the molecule is CCCNC(=O)CCN(C(C)=O)c1ccc(OCc2ccccc2)cc1. The van der Waals surface area contributed by atoms with Gasteiger partial charge in [-0.1, -0.05) is 37.3 Å². The molecule has 0 fully saturated rings. The molecule has 138 valence electrons. The van der Waals surface area contributed by atoms with Crippen LogP contribution in [0.15, 0.2) is 54.6 Å². The predicted octanol–water partition coefficient (Wildman–Crippen LogP) is 3.53. The molecule has 2 amide bonds. The van der Waals surface area contributed by atoms with Crippen LogP contribution in [0.4, 0.5) is 5.69 Å². The van der Waals surface area contributed by atoms with Crippen LogP contribution < -0.4 is 15.0 Å². The highest BCUT2D eigenvalue weighted by molar-refractivity contribution is 5.92. The summed E-state index contributed by atoms with van der Waals surface area (Å²) in [5.41, 5.74) is 1.85. The van der Waals surface area contributed by atoms with E-state index in [9.17, 15) is 9.59 Å². The van der Waals surface area contributed by atoms with Crippen LogP contribution in [0.1, 0.15) is 32.3 Å². The van der Waals surface area contributed by atoms with Crippen LogP contribution in [0.2, 0.25) is 0 Å². The Labute approximate surface area is 155 Å². The lowest BCUT2D eigenvalue weighted by molar-refractivity contribution is -0.121. The number of ether oxygens (including phenoxy) is 1. The standard InChI is InChI=1S/C21H26N2O3/c1-3-14-22-21(25)13-15-23(17(2)24)19-9-11-20(12-10-19)26-16-18-7-5-4-6-8-18/h4-12H,3,13-16H2,1-2H3,(H,22,25). The maximum atomic E-state index is 11.9. The van der Waals surface area contributed by atoms with E-state index in [1.165, 1.54) is 6.92 Å². The van der Waals surface area contributed by atoms with Crippen LogP contribution in [0, 0.1) is 0 Å². The van der Waals surface area contributed by atoms with Gasteiger partial charge in [-0.25, -0.2) is 0 Å². The van der Waals surface area contributed by atoms with Crippen LogP contribution in [0.3, 0.4) is 0 Å². The number of hydrogen-bond donors (Lipinski definition) is 1. The molecule has 0 bridgehead atoms. The molecule has 2 rings (SSSR count). The van der Waals surface area contributed by atoms with E-state index >= 15 is 0 Å². The minimum absolute atomic E-state index is 0.0408. The molecule has 1 N–H and O–H groups in total. The molecule has 0 aliphatic heterocycles. The maximum Gasteiger partial charge on any atom is 0.223 e. The Morgan fingerprint density at radius 2 is 1.73 bits per heavy atom. The summed E-state index contributed by atoms with van der Waals surface area (Å²) in [6.45, 7) is 5.02. The van der Waals surface area contributed by atoms with E-state index in [2.05, 4.69) is 5.32 Å². The molecule has 5 nitrogen and oxygen atoms in total. The van der Waals surface area contributed by atoms with Gasteiger partial charge in [-0.2, -0.15) is 0 Å². The number of rotatable bonds is 9. The van der Waals surface area contributed by atoms with Gasteiger partial charge in [-0.15, -0.1) is 0 Å². The summed E-state index contributed by atoms with van der Waals surface area (Å²) >= 11 is 0. The first-order valence-electron chi connectivity index (χ1n) is 8.91. The van der Waals surface area contributed by atoms with E-state index in [0.29, 0.717) is 19.7 Å². The summed E-state index contributed by atoms with van der Waals surface area (Å²) in [5, 5.41) is 2.82. The van der Waals surface area contributed by atoms with Crippen LogP contribution in [0.5, 0.6) is 5.75 Å². The van der Waals surface area contributed by atoms with E-state index in [1.807, 2.05) is 61.5 Å². The Bertz CT molecular complexity index is 699. The zero-order chi connectivity index (χ0) is 18.8. The Hall–Kier alpha value is -2.82. The van der Waals surface area contributed by atoms with Gasteiger partial charge < -0.3 is 15.0 Å². The number of carbonyl (C=O) groups is 2. The van der Waals surface area contributed by atoms with Crippen LogP contribution in [0.25, 0.3) is 0 Å². The average molecular weight is 354 g/mol. The summed E-state index contributed by atoms with van der Waals surface area (Å²) in [6, 6.07) is 17.3. The van der Waals surface area contributed by atoms with Crippen molar-refractivity contribution >= 4 is 17.5 Å². The van der Waals surface area contributed by atoms with Crippen LogP contribution in [-0.4, -0.2) is 24.9 Å². The lowest BCUT2D eigenvalue weighted by atomic mass is 10.2. The smallest absolute Gasteiger partial charge is 0.223 e. The van der Waals surface area contributed by atoms with Crippen molar-refractivity contribution in [2.75, 3.05) is 18.0 Å². The Balaban J connectivity index is 1.92. The Kier molecular flexibility index (Phi) is 7.68. The van der Waals surface area contributed by atoms with Gasteiger partial charge in [0.25, 0.3) is 0 Å². The average Bonchev–Trinajstić information content (AvgIpc) is 2.66. The van der Waals surface area contributed by atoms with Crippen molar-refractivity contribution in [2.45, 2.75) is 33.3 Å². The molecule has 0 atom stereocenters. The highest BCUT2D eigenvalue weighted by Gasteiger charge is 2.13. The molecule has 26 heavy (non-hydrogen) atoms. The molecule has 0 saturated heterocycles. The number of carbonyl (C=O) groups excluding carboxylic acids is 2. The summed E-state index contributed by atoms with van der Waals surface area (Å²) in [6.07, 6.45) is 1.18. The number of amides is 2. The fraction of sp³-hybridized carbons (Fsp3) is 0.333. The molecule has 0 heterocycles. The largest absolute Gasteiger partial charge is 0.489 e. The monoisotopic (exact) mass is 354 g/mol. The summed E-state index contributed by atoms with van der Waals surface area (Å²) < 4.78 is 5.76. The molecule has 0 saturated carbocycles. The third-order valence-corrected chi connectivity index (χ3v) is 3.91. The van der Waals surface area contributed by atoms with E-state index in [-0.39, 0.29) is 18.2 Å². The van der Waals surface area contributed by atoms with Crippen molar-refractivity contribution < 1.29 is 14.3 Å². The molecule has 5 heteroatoms. The fourth-order valence-electron chi connectivity index (χ4n) is 2.50. The first-order chi connectivity index (χ1) is 12.6. The minimum Gasteiger partial charge on any atom is -0.489 e. The molecule has 0 aliphatic rings. The minimum atomic E-state index is -0.0914. The van der Waals surface area contributed by atoms with E-state index in [0.717, 1.165) is 23.4 Å². The molecule has 2 aromatic rings. The number of nitrogens with one attached hydrogen (secondary N) is 1. The lowest BCUT2D eigenvalue weighted by Gasteiger charge is -2.21. The molecule has 0 unspecified atom stereocenters. The van der Waals surface area contributed by atoms with Gasteiger partial charge >= 0.3 is 0 Å². The third-order valence-electron chi connectivity index (χ3n) is 3.91. The summed E-state index contributed by atoms with van der Waals surface area (Å²) in [5.74, 6) is 0.606. The Morgan fingerprint density at radius 3 is 2.35 bits per heavy atom. The number of benzene rings is 2. The third kappa shape index (κ3) is 6.24. The van der Waals surface area contributed by atoms with Crippen molar-refractivity contribution in [3.05, 3.63) is 60.2 Å². The normalized spacial score (nSPS) is 10.2. The number of hydrogen-bond acceptors (Lipinski definition) is 3. The van der Waals surface area contributed by atoms with Crippen LogP contribution >= 0.6 is 0 Å². The molecule has 0 radical (unpaired) electrons. The second kappa shape index (κ2) is 10.2. The van der Waals surface area contributed by atoms with E-state index in [4.69, 9.17) is 4.74 Å². The van der Waals surface area contributed by atoms with Gasteiger partial charge in [0.2, 0.25) is 11.8 Å². The zero-order valence-corrected chi connectivity index (χ0v) is 15.4. The summed E-state index contributed by atoms with van der Waals surface area (Å²) in [7, 11) is 0. The fourth-order valence-corrected chi connectivity index (χ4v) is 2.50. The molecular weight excluding hydrogens is 328 g/mol. The van der Waals surface area contributed by atoms with Gasteiger partial charge in [0.1, 0.15) is 12.4 Å². The van der Waals surface area contributed by atoms with Gasteiger partial charge in [0.15, 0.2) is 0 Å². The van der Waals surface area contributed by atoms with Crippen molar-refractivity contribution in [1.29, 1.82) is 0 Å². The van der Waals surface area contributed by atoms with Crippen molar-refractivity contribution in [3.63, 3.8) is 0 Å². The van der Waals surface area contributed by atoms with Gasteiger partial charge in [-0.05, 0) is 36.2 Å². The molecular formula is C21H26N2O3. The van der Waals surface area contributed by atoms with E-state index < -0.39 is 0 Å². The maximum absolute atomic E-state index is 11.9. The highest BCUT2D eigenvalue weighted by atomic mass is 16.5. The highest BCUT2D eigenvalue weighted by Crippen LogP contribution is 2.21. The van der Waals surface area contributed by atoms with Crippen molar-refractivity contribution in [1.82, 2.24) is 5.32 Å². The van der Waals surface area contributed by atoms with Crippen LogP contribution in [-0.2, 0) is 16.2 Å². The molecule has 2 aromatic carbocycles. The first kappa shape index (κ1) is 19.5. The summed E-state index contributed by atoms with van der Waals surface area (Å²) in [4.78, 5) is 25.3. The molecule has 0 spiro atoms. The zero-order valence-electron chi connectivity index (χ0n) is 15.4. The second-order valence-corrected chi connectivity index (χ2v) is 6.04. The molecule has 0 aliphatic carbocycles.